The number of pyridine rings is 1. The van der Waals surface area contributed by atoms with Crippen molar-refractivity contribution in [1.82, 2.24) is 14.4 Å². The summed E-state index contributed by atoms with van der Waals surface area (Å²) >= 11 is 0. The van der Waals surface area contributed by atoms with Gasteiger partial charge in [-0.1, -0.05) is 6.07 Å². The summed E-state index contributed by atoms with van der Waals surface area (Å²) in [7, 11) is 0. The van der Waals surface area contributed by atoms with Gasteiger partial charge in [-0.25, -0.2) is 0 Å². The highest BCUT2D eigenvalue weighted by atomic mass is 16.5. The van der Waals surface area contributed by atoms with E-state index in [1.165, 1.54) is 6.07 Å². The first kappa shape index (κ1) is 18.6. The second-order valence-electron chi connectivity index (χ2n) is 7.02. The summed E-state index contributed by atoms with van der Waals surface area (Å²) < 4.78 is 6.93. The van der Waals surface area contributed by atoms with Crippen LogP contribution in [0.3, 0.4) is 0 Å². The Labute approximate surface area is 153 Å². The molecule has 3 rings (SSSR count). The van der Waals surface area contributed by atoms with E-state index in [1.807, 2.05) is 17.9 Å². The molecular formula is C19H27N3O4. The average molecular weight is 361 g/mol. The van der Waals surface area contributed by atoms with Gasteiger partial charge in [0, 0.05) is 50.9 Å². The Hall–Kier alpha value is -2.15. The number of hydrogen-bond acceptors (Lipinski definition) is 4. The number of rotatable bonds is 4. The predicted molar refractivity (Wildman–Crippen MR) is 96.8 cm³/mol. The maximum atomic E-state index is 12.7. The van der Waals surface area contributed by atoms with Crippen molar-refractivity contribution in [2.45, 2.75) is 32.7 Å². The molecule has 7 heteroatoms. The summed E-state index contributed by atoms with van der Waals surface area (Å²) in [5.41, 5.74) is 0.765. The minimum Gasteiger partial charge on any atom is -0.378 e. The molecule has 1 atom stereocenters. The number of piperidine rings is 1. The van der Waals surface area contributed by atoms with Crippen LogP contribution in [0.1, 0.15) is 25.0 Å². The van der Waals surface area contributed by atoms with Crippen LogP contribution in [0.5, 0.6) is 0 Å². The van der Waals surface area contributed by atoms with E-state index in [4.69, 9.17) is 4.74 Å². The van der Waals surface area contributed by atoms with Gasteiger partial charge in [0.1, 0.15) is 0 Å². The Balaban J connectivity index is 1.56. The fourth-order valence-corrected chi connectivity index (χ4v) is 3.72. The number of ether oxygens (including phenoxy) is 1. The van der Waals surface area contributed by atoms with Crippen LogP contribution in [0.25, 0.3) is 0 Å². The first-order valence-corrected chi connectivity index (χ1v) is 9.37. The number of likely N-dealkylation sites (tertiary alicyclic amines) is 1. The third-order valence-electron chi connectivity index (χ3n) is 5.26. The van der Waals surface area contributed by atoms with E-state index < -0.39 is 0 Å². The first-order valence-electron chi connectivity index (χ1n) is 9.37. The standard InChI is InChI=1S/C19H27N3O4/c1-15-4-2-6-18(24)22(15)9-7-17(23)21-8-3-5-16(14-21)19(25)20-10-12-26-13-11-20/h2,4,6,16H,3,5,7-14H2,1H3/t16-/m0/s1. The van der Waals surface area contributed by atoms with Gasteiger partial charge >= 0.3 is 0 Å². The van der Waals surface area contributed by atoms with Crippen LogP contribution in [0.4, 0.5) is 0 Å². The maximum absolute atomic E-state index is 12.7. The van der Waals surface area contributed by atoms with Gasteiger partial charge in [0.15, 0.2) is 0 Å². The molecule has 0 bridgehead atoms. The number of morpholine rings is 1. The number of carbonyl (C=O) groups excluding carboxylic acids is 2. The highest BCUT2D eigenvalue weighted by Crippen LogP contribution is 2.20. The minimum absolute atomic E-state index is 0.0135. The molecule has 142 valence electrons. The van der Waals surface area contributed by atoms with E-state index in [1.54, 1.807) is 15.5 Å². The van der Waals surface area contributed by atoms with E-state index in [9.17, 15) is 14.4 Å². The predicted octanol–water partition coefficient (Wildman–Crippen LogP) is 0.644. The second-order valence-corrected chi connectivity index (χ2v) is 7.02. The molecule has 2 aliphatic rings. The van der Waals surface area contributed by atoms with E-state index in [0.717, 1.165) is 18.5 Å². The first-order chi connectivity index (χ1) is 12.6. The lowest BCUT2D eigenvalue weighted by molar-refractivity contribution is -0.144. The minimum atomic E-state index is -0.119. The van der Waals surface area contributed by atoms with Crippen molar-refractivity contribution in [3.63, 3.8) is 0 Å². The molecule has 1 aromatic heterocycles. The summed E-state index contributed by atoms with van der Waals surface area (Å²) in [4.78, 5) is 40.8. The molecule has 0 N–H and O–H groups in total. The van der Waals surface area contributed by atoms with Crippen molar-refractivity contribution in [3.8, 4) is 0 Å². The molecule has 0 saturated carbocycles. The Morgan fingerprint density at radius 3 is 2.65 bits per heavy atom. The molecule has 3 heterocycles. The van der Waals surface area contributed by atoms with Gasteiger partial charge in [-0.3, -0.25) is 14.4 Å². The van der Waals surface area contributed by atoms with E-state index >= 15 is 0 Å². The molecule has 0 aromatic carbocycles. The monoisotopic (exact) mass is 361 g/mol. The maximum Gasteiger partial charge on any atom is 0.250 e. The fraction of sp³-hybridized carbons (Fsp3) is 0.632. The molecule has 2 saturated heterocycles. The van der Waals surface area contributed by atoms with Crippen molar-refractivity contribution in [2.24, 2.45) is 5.92 Å². The van der Waals surface area contributed by atoms with Crippen LogP contribution in [0.15, 0.2) is 23.0 Å². The van der Waals surface area contributed by atoms with Crippen molar-refractivity contribution >= 4 is 11.8 Å². The summed E-state index contributed by atoms with van der Waals surface area (Å²) in [5, 5.41) is 0. The number of amides is 2. The second kappa shape index (κ2) is 8.49. The Bertz CT molecular complexity index is 709. The SMILES string of the molecule is Cc1cccc(=O)n1CCC(=O)N1CCC[C@H](C(=O)N2CCOCC2)C1. The van der Waals surface area contributed by atoms with Gasteiger partial charge in [0.25, 0.3) is 5.56 Å². The van der Waals surface area contributed by atoms with Crippen molar-refractivity contribution in [3.05, 3.63) is 34.2 Å². The van der Waals surface area contributed by atoms with Gasteiger partial charge in [-0.05, 0) is 25.8 Å². The normalized spacial score (nSPS) is 20.9. The van der Waals surface area contributed by atoms with Gasteiger partial charge in [0.05, 0.1) is 19.1 Å². The van der Waals surface area contributed by atoms with Crippen molar-refractivity contribution < 1.29 is 14.3 Å². The number of carbonyl (C=O) groups is 2. The number of hydrogen-bond donors (Lipinski definition) is 0. The molecule has 0 spiro atoms. The van der Waals surface area contributed by atoms with Crippen molar-refractivity contribution in [2.75, 3.05) is 39.4 Å². The van der Waals surface area contributed by atoms with Crippen LogP contribution >= 0.6 is 0 Å². The summed E-state index contributed by atoms with van der Waals surface area (Å²) in [6.07, 6.45) is 1.96. The quantitative estimate of drug-likeness (QED) is 0.789. The zero-order chi connectivity index (χ0) is 18.5. The largest absolute Gasteiger partial charge is 0.378 e. The van der Waals surface area contributed by atoms with Crippen molar-refractivity contribution in [1.29, 1.82) is 0 Å². The van der Waals surface area contributed by atoms with E-state index in [-0.39, 0.29) is 29.7 Å². The lowest BCUT2D eigenvalue weighted by Crippen LogP contribution is -2.49. The zero-order valence-electron chi connectivity index (χ0n) is 15.4. The van der Waals surface area contributed by atoms with Crippen LogP contribution < -0.4 is 5.56 Å². The third-order valence-corrected chi connectivity index (χ3v) is 5.26. The molecular weight excluding hydrogens is 334 g/mol. The number of nitrogens with zero attached hydrogens (tertiary/aromatic N) is 3. The summed E-state index contributed by atoms with van der Waals surface area (Å²) in [5.74, 6) is 0.0348. The molecule has 0 unspecified atom stereocenters. The topological polar surface area (TPSA) is 71.9 Å². The van der Waals surface area contributed by atoms with Gasteiger partial charge < -0.3 is 19.1 Å². The van der Waals surface area contributed by atoms with Crippen LogP contribution in [-0.4, -0.2) is 65.6 Å². The molecule has 2 amide bonds. The Kier molecular flexibility index (Phi) is 6.08. The zero-order valence-corrected chi connectivity index (χ0v) is 15.4. The molecule has 1 aromatic rings. The van der Waals surface area contributed by atoms with E-state index in [2.05, 4.69) is 0 Å². The Morgan fingerprint density at radius 2 is 1.92 bits per heavy atom. The smallest absolute Gasteiger partial charge is 0.250 e. The van der Waals surface area contributed by atoms with Crippen LogP contribution in [-0.2, 0) is 20.9 Å². The molecule has 26 heavy (non-hydrogen) atoms. The molecule has 2 fully saturated rings. The number of aromatic nitrogens is 1. The van der Waals surface area contributed by atoms with Gasteiger partial charge in [0.2, 0.25) is 11.8 Å². The van der Waals surface area contributed by atoms with E-state index in [0.29, 0.717) is 45.9 Å². The van der Waals surface area contributed by atoms with Gasteiger partial charge in [-0.15, -0.1) is 0 Å². The lowest BCUT2D eigenvalue weighted by atomic mass is 9.96. The number of aryl methyl sites for hydroxylation is 1. The molecule has 2 aliphatic heterocycles. The third kappa shape index (κ3) is 4.33. The molecule has 0 radical (unpaired) electrons. The molecule has 7 nitrogen and oxygen atoms in total. The highest BCUT2D eigenvalue weighted by molar-refractivity contribution is 5.81. The Morgan fingerprint density at radius 1 is 1.15 bits per heavy atom. The lowest BCUT2D eigenvalue weighted by Gasteiger charge is -2.36. The van der Waals surface area contributed by atoms with Crippen LogP contribution in [0, 0.1) is 12.8 Å². The average Bonchev–Trinajstić information content (AvgIpc) is 2.67. The summed E-state index contributed by atoms with van der Waals surface area (Å²) in [6.45, 7) is 5.87. The molecule has 0 aliphatic carbocycles. The fourth-order valence-electron chi connectivity index (χ4n) is 3.72. The summed E-state index contributed by atoms with van der Waals surface area (Å²) in [6, 6.07) is 5.10. The van der Waals surface area contributed by atoms with Gasteiger partial charge in [-0.2, -0.15) is 0 Å². The highest BCUT2D eigenvalue weighted by Gasteiger charge is 2.31. The van der Waals surface area contributed by atoms with Crippen LogP contribution in [0.2, 0.25) is 0 Å².